The molecule has 1 amide bonds. The predicted octanol–water partition coefficient (Wildman–Crippen LogP) is 0.456. The van der Waals surface area contributed by atoms with Gasteiger partial charge in [0.15, 0.2) is 9.84 Å². The van der Waals surface area contributed by atoms with Crippen molar-refractivity contribution < 1.29 is 13.2 Å². The summed E-state index contributed by atoms with van der Waals surface area (Å²) in [5, 5.41) is 2.92. The highest BCUT2D eigenvalue weighted by Crippen LogP contribution is 2.10. The van der Waals surface area contributed by atoms with Crippen LogP contribution in [0.3, 0.4) is 0 Å². The minimum absolute atomic E-state index is 0.175. The fourth-order valence-corrected chi connectivity index (χ4v) is 3.22. The molecule has 1 N–H and O–H groups in total. The van der Waals surface area contributed by atoms with Gasteiger partial charge in [0.2, 0.25) is 0 Å². The van der Waals surface area contributed by atoms with Gasteiger partial charge < -0.3 is 10.2 Å². The highest BCUT2D eigenvalue weighted by Gasteiger charge is 2.19. The number of amides is 1. The summed E-state index contributed by atoms with van der Waals surface area (Å²) in [6, 6.07) is 6.31. The van der Waals surface area contributed by atoms with E-state index in [4.69, 9.17) is 0 Å². The molecule has 1 aliphatic heterocycles. The van der Waals surface area contributed by atoms with E-state index < -0.39 is 9.84 Å². The Labute approximate surface area is 138 Å². The van der Waals surface area contributed by atoms with E-state index in [0.717, 1.165) is 32.4 Å². The zero-order valence-corrected chi connectivity index (χ0v) is 14.8. The molecule has 0 radical (unpaired) electrons. The van der Waals surface area contributed by atoms with Gasteiger partial charge in [-0.2, -0.15) is 0 Å². The molecule has 0 aromatic heterocycles. The highest BCUT2D eigenvalue weighted by molar-refractivity contribution is 7.90. The minimum atomic E-state index is -3.23. The van der Waals surface area contributed by atoms with Crippen LogP contribution < -0.4 is 5.32 Å². The van der Waals surface area contributed by atoms with Crippen molar-refractivity contribution in [1.82, 2.24) is 15.1 Å². The second kappa shape index (κ2) is 7.42. The molecule has 1 fully saturated rings. The van der Waals surface area contributed by atoms with Crippen molar-refractivity contribution in [2.45, 2.75) is 17.9 Å². The molecule has 0 aliphatic carbocycles. The molecule has 1 aromatic carbocycles. The second-order valence-corrected chi connectivity index (χ2v) is 8.21. The first-order valence-electron chi connectivity index (χ1n) is 7.78. The van der Waals surface area contributed by atoms with Gasteiger partial charge in [-0.25, -0.2) is 8.42 Å². The SMILES string of the molecule is CC(CNC(=O)c1ccc(S(C)(=O)=O)cc1)N1CCN(C)CC1. The van der Waals surface area contributed by atoms with Crippen LogP contribution >= 0.6 is 0 Å². The van der Waals surface area contributed by atoms with E-state index in [1.165, 1.54) is 12.1 Å². The zero-order chi connectivity index (χ0) is 17.0. The van der Waals surface area contributed by atoms with E-state index in [1.807, 2.05) is 0 Å². The molecular weight excluding hydrogens is 314 g/mol. The van der Waals surface area contributed by atoms with Gasteiger partial charge in [-0.15, -0.1) is 0 Å². The van der Waals surface area contributed by atoms with Crippen molar-refractivity contribution in [1.29, 1.82) is 0 Å². The van der Waals surface area contributed by atoms with Gasteiger partial charge in [-0.3, -0.25) is 9.69 Å². The third-order valence-corrected chi connectivity index (χ3v) is 5.39. The summed E-state index contributed by atoms with van der Waals surface area (Å²) in [6.45, 7) is 6.80. The first-order chi connectivity index (χ1) is 10.8. The third kappa shape index (κ3) is 5.02. The summed E-state index contributed by atoms with van der Waals surface area (Å²) < 4.78 is 22.8. The Morgan fingerprint density at radius 2 is 1.74 bits per heavy atom. The van der Waals surface area contributed by atoms with Crippen molar-refractivity contribution in [2.75, 3.05) is 46.0 Å². The molecule has 6 nitrogen and oxygen atoms in total. The Morgan fingerprint density at radius 3 is 2.26 bits per heavy atom. The van der Waals surface area contributed by atoms with E-state index >= 15 is 0 Å². The molecule has 1 unspecified atom stereocenters. The number of carbonyl (C=O) groups excluding carboxylic acids is 1. The van der Waals surface area contributed by atoms with E-state index in [2.05, 4.69) is 29.1 Å². The van der Waals surface area contributed by atoms with Crippen LogP contribution in [0, 0.1) is 0 Å². The molecule has 1 heterocycles. The lowest BCUT2D eigenvalue weighted by atomic mass is 10.2. The van der Waals surface area contributed by atoms with Gasteiger partial charge in [-0.1, -0.05) is 0 Å². The lowest BCUT2D eigenvalue weighted by Crippen LogP contribution is -2.51. The number of benzene rings is 1. The van der Waals surface area contributed by atoms with Crippen LogP contribution in [-0.2, 0) is 9.84 Å². The Bertz CT molecular complexity index is 635. The van der Waals surface area contributed by atoms with Gasteiger partial charge in [-0.05, 0) is 38.2 Å². The Morgan fingerprint density at radius 1 is 1.17 bits per heavy atom. The normalized spacial score (nSPS) is 18.6. The third-order valence-electron chi connectivity index (χ3n) is 4.26. The van der Waals surface area contributed by atoms with Crippen LogP contribution in [0.4, 0.5) is 0 Å². The van der Waals surface area contributed by atoms with Crippen LogP contribution in [0.25, 0.3) is 0 Å². The van der Waals surface area contributed by atoms with Gasteiger partial charge >= 0.3 is 0 Å². The van der Waals surface area contributed by atoms with Crippen molar-refractivity contribution >= 4 is 15.7 Å². The van der Waals surface area contributed by atoms with Crippen molar-refractivity contribution in [3.63, 3.8) is 0 Å². The van der Waals surface area contributed by atoms with Gasteiger partial charge in [0.1, 0.15) is 0 Å². The fraction of sp³-hybridized carbons (Fsp3) is 0.562. The lowest BCUT2D eigenvalue weighted by Gasteiger charge is -2.36. The maximum atomic E-state index is 12.2. The number of sulfone groups is 1. The summed E-state index contributed by atoms with van der Waals surface area (Å²) in [7, 11) is -1.12. The number of rotatable bonds is 5. The van der Waals surface area contributed by atoms with E-state index in [1.54, 1.807) is 12.1 Å². The Kier molecular flexibility index (Phi) is 5.78. The molecule has 2 rings (SSSR count). The molecule has 23 heavy (non-hydrogen) atoms. The van der Waals surface area contributed by atoms with Crippen LogP contribution in [-0.4, -0.2) is 76.2 Å². The van der Waals surface area contributed by atoms with Crippen molar-refractivity contribution in [3.8, 4) is 0 Å². The molecule has 1 aromatic rings. The van der Waals surface area contributed by atoms with Crippen LogP contribution in [0.1, 0.15) is 17.3 Å². The molecule has 0 saturated carbocycles. The average molecular weight is 339 g/mol. The van der Waals surface area contributed by atoms with Crippen molar-refractivity contribution in [3.05, 3.63) is 29.8 Å². The quantitative estimate of drug-likeness (QED) is 0.844. The molecule has 7 heteroatoms. The number of likely N-dealkylation sites (N-methyl/N-ethyl adjacent to an activating group) is 1. The fourth-order valence-electron chi connectivity index (χ4n) is 2.59. The highest BCUT2D eigenvalue weighted by atomic mass is 32.2. The second-order valence-electron chi connectivity index (χ2n) is 6.19. The van der Waals surface area contributed by atoms with Gasteiger partial charge in [0.05, 0.1) is 4.90 Å². The van der Waals surface area contributed by atoms with Gasteiger partial charge in [0, 0.05) is 50.6 Å². The molecule has 0 bridgehead atoms. The first-order valence-corrected chi connectivity index (χ1v) is 9.67. The standard InChI is InChI=1S/C16H25N3O3S/c1-13(19-10-8-18(2)9-11-19)12-17-16(20)14-4-6-15(7-5-14)23(3,21)22/h4-7,13H,8-12H2,1-3H3,(H,17,20). The topological polar surface area (TPSA) is 69.7 Å². The summed E-state index contributed by atoms with van der Waals surface area (Å²) in [5.74, 6) is -0.175. The first kappa shape index (κ1) is 17.9. The number of piperazine rings is 1. The Balaban J connectivity index is 1.87. The average Bonchev–Trinajstić information content (AvgIpc) is 2.52. The summed E-state index contributed by atoms with van der Waals surface area (Å²) in [5.41, 5.74) is 0.475. The van der Waals surface area contributed by atoms with Crippen LogP contribution in [0.15, 0.2) is 29.2 Å². The largest absolute Gasteiger partial charge is 0.350 e. The maximum Gasteiger partial charge on any atom is 0.251 e. The lowest BCUT2D eigenvalue weighted by molar-refractivity contribution is 0.0903. The summed E-state index contributed by atoms with van der Waals surface area (Å²) in [6.07, 6.45) is 1.15. The molecule has 1 aliphatic rings. The van der Waals surface area contributed by atoms with E-state index in [9.17, 15) is 13.2 Å². The van der Waals surface area contributed by atoms with Crippen LogP contribution in [0.2, 0.25) is 0 Å². The van der Waals surface area contributed by atoms with Crippen LogP contribution in [0.5, 0.6) is 0 Å². The van der Waals surface area contributed by atoms with Crippen molar-refractivity contribution in [2.24, 2.45) is 0 Å². The van der Waals surface area contributed by atoms with E-state index in [-0.39, 0.29) is 16.8 Å². The minimum Gasteiger partial charge on any atom is -0.350 e. The zero-order valence-electron chi connectivity index (χ0n) is 13.9. The predicted molar refractivity (Wildman–Crippen MR) is 90.4 cm³/mol. The Hall–Kier alpha value is -1.44. The number of nitrogens with zero attached hydrogens (tertiary/aromatic N) is 2. The molecule has 0 spiro atoms. The number of nitrogens with one attached hydrogen (secondary N) is 1. The molecular formula is C16H25N3O3S. The summed E-state index contributed by atoms with van der Waals surface area (Å²) in [4.78, 5) is 17.0. The number of carbonyl (C=O) groups is 1. The maximum absolute atomic E-state index is 12.2. The monoisotopic (exact) mass is 339 g/mol. The molecule has 1 atom stereocenters. The number of hydrogen-bond acceptors (Lipinski definition) is 5. The molecule has 1 saturated heterocycles. The number of hydrogen-bond donors (Lipinski definition) is 1. The van der Waals surface area contributed by atoms with E-state index in [0.29, 0.717) is 12.1 Å². The summed E-state index contributed by atoms with van der Waals surface area (Å²) >= 11 is 0. The van der Waals surface area contributed by atoms with Gasteiger partial charge in [0.25, 0.3) is 5.91 Å². The smallest absolute Gasteiger partial charge is 0.251 e. The molecule has 128 valence electrons.